The summed E-state index contributed by atoms with van der Waals surface area (Å²) in [4.78, 5) is 22.1. The third kappa shape index (κ3) is 5.32. The van der Waals surface area contributed by atoms with Gasteiger partial charge >= 0.3 is 11.9 Å². The van der Waals surface area contributed by atoms with Gasteiger partial charge in [0.15, 0.2) is 11.5 Å². The molecule has 0 aliphatic rings. The fourth-order valence-corrected chi connectivity index (χ4v) is 2.99. The molecule has 0 aromatic heterocycles. The van der Waals surface area contributed by atoms with Crippen LogP contribution in [-0.2, 0) is 6.61 Å². The fraction of sp³-hybridized carbons (Fsp3) is 0.0800. The standard InChI is InChI=1S/C25H19NO6/c1-31-23-13-16(11-21(14-26)18-6-8-19(9-7-18)24(27)28)5-10-22(23)32-15-17-3-2-4-20(12-17)25(29)30/h2-13H,15H2,1H3,(H,27,28)(H,29,30). The number of hydrogen-bond donors (Lipinski definition) is 2. The summed E-state index contributed by atoms with van der Waals surface area (Å²) in [5.41, 5.74) is 2.67. The van der Waals surface area contributed by atoms with Gasteiger partial charge in [-0.25, -0.2) is 9.59 Å². The van der Waals surface area contributed by atoms with Crippen molar-refractivity contribution >= 4 is 23.6 Å². The van der Waals surface area contributed by atoms with E-state index in [1.54, 1.807) is 54.6 Å². The first-order chi connectivity index (χ1) is 15.4. The minimum absolute atomic E-state index is 0.142. The number of benzene rings is 3. The van der Waals surface area contributed by atoms with Crippen LogP contribution in [0, 0.1) is 11.3 Å². The summed E-state index contributed by atoms with van der Waals surface area (Å²) in [6.07, 6.45) is 1.67. The van der Waals surface area contributed by atoms with E-state index in [4.69, 9.17) is 19.7 Å². The van der Waals surface area contributed by atoms with Crippen LogP contribution in [0.2, 0.25) is 0 Å². The van der Waals surface area contributed by atoms with Gasteiger partial charge in [0.05, 0.1) is 29.9 Å². The van der Waals surface area contributed by atoms with E-state index in [-0.39, 0.29) is 17.7 Å². The molecule has 0 fully saturated rings. The van der Waals surface area contributed by atoms with Crippen molar-refractivity contribution in [3.8, 4) is 17.6 Å². The van der Waals surface area contributed by atoms with Gasteiger partial charge < -0.3 is 19.7 Å². The monoisotopic (exact) mass is 429 g/mol. The highest BCUT2D eigenvalue weighted by molar-refractivity contribution is 5.92. The predicted molar refractivity (Wildman–Crippen MR) is 118 cm³/mol. The predicted octanol–water partition coefficient (Wildman–Crippen LogP) is 4.73. The van der Waals surface area contributed by atoms with Gasteiger partial charge in [-0.15, -0.1) is 0 Å². The summed E-state index contributed by atoms with van der Waals surface area (Å²) in [6.45, 7) is 0.159. The first-order valence-electron chi connectivity index (χ1n) is 9.50. The molecule has 3 rings (SSSR count). The summed E-state index contributed by atoms with van der Waals surface area (Å²) in [7, 11) is 1.50. The second-order valence-corrected chi connectivity index (χ2v) is 6.76. The Balaban J connectivity index is 1.81. The molecule has 0 spiro atoms. The topological polar surface area (TPSA) is 117 Å². The summed E-state index contributed by atoms with van der Waals surface area (Å²) in [6, 6.07) is 19.8. The van der Waals surface area contributed by atoms with Crippen molar-refractivity contribution in [1.82, 2.24) is 0 Å². The first-order valence-corrected chi connectivity index (χ1v) is 9.50. The van der Waals surface area contributed by atoms with Gasteiger partial charge in [0, 0.05) is 0 Å². The van der Waals surface area contributed by atoms with Crippen LogP contribution in [0.15, 0.2) is 66.7 Å². The van der Waals surface area contributed by atoms with Gasteiger partial charge in [0.1, 0.15) is 6.61 Å². The van der Waals surface area contributed by atoms with Gasteiger partial charge in [-0.05, 0) is 59.2 Å². The Morgan fingerprint density at radius 3 is 2.22 bits per heavy atom. The van der Waals surface area contributed by atoms with Gasteiger partial charge in [-0.1, -0.05) is 30.3 Å². The Kier molecular flexibility index (Phi) is 6.88. The van der Waals surface area contributed by atoms with E-state index < -0.39 is 11.9 Å². The van der Waals surface area contributed by atoms with Crippen LogP contribution in [0.5, 0.6) is 11.5 Å². The number of carboxylic acids is 2. The lowest BCUT2D eigenvalue weighted by atomic mass is 10.0. The summed E-state index contributed by atoms with van der Waals surface area (Å²) in [5.74, 6) is -1.12. The molecule has 0 radical (unpaired) electrons. The molecule has 7 heteroatoms. The van der Waals surface area contributed by atoms with E-state index in [1.807, 2.05) is 0 Å². The second kappa shape index (κ2) is 9.96. The summed E-state index contributed by atoms with van der Waals surface area (Å²) >= 11 is 0. The molecule has 0 aliphatic heterocycles. The molecule has 0 atom stereocenters. The SMILES string of the molecule is COc1cc(C=C(C#N)c2ccc(C(=O)O)cc2)ccc1OCc1cccc(C(=O)O)c1. The van der Waals surface area contributed by atoms with E-state index in [0.717, 1.165) is 0 Å². The highest BCUT2D eigenvalue weighted by Gasteiger charge is 2.09. The lowest BCUT2D eigenvalue weighted by molar-refractivity contribution is 0.0686. The van der Waals surface area contributed by atoms with Crippen molar-refractivity contribution in [1.29, 1.82) is 5.26 Å². The van der Waals surface area contributed by atoms with Gasteiger partial charge in [0.25, 0.3) is 0 Å². The smallest absolute Gasteiger partial charge is 0.335 e. The normalized spacial score (nSPS) is 10.8. The zero-order valence-corrected chi connectivity index (χ0v) is 17.1. The molecule has 0 unspecified atom stereocenters. The quantitative estimate of drug-likeness (QED) is 0.392. The van der Waals surface area contributed by atoms with E-state index in [1.165, 1.54) is 25.3 Å². The number of nitrogens with zero attached hydrogens (tertiary/aromatic N) is 1. The van der Waals surface area contributed by atoms with Gasteiger partial charge in [-0.2, -0.15) is 5.26 Å². The molecule has 0 saturated carbocycles. The Labute approximate surface area is 184 Å². The highest BCUT2D eigenvalue weighted by atomic mass is 16.5. The van der Waals surface area contributed by atoms with E-state index in [9.17, 15) is 14.9 Å². The van der Waals surface area contributed by atoms with E-state index >= 15 is 0 Å². The second-order valence-electron chi connectivity index (χ2n) is 6.76. The molecule has 2 N–H and O–H groups in total. The lowest BCUT2D eigenvalue weighted by Crippen LogP contribution is -2.01. The fourth-order valence-electron chi connectivity index (χ4n) is 2.99. The molecular weight excluding hydrogens is 410 g/mol. The van der Waals surface area contributed by atoms with Crippen molar-refractivity contribution < 1.29 is 29.3 Å². The minimum Gasteiger partial charge on any atom is -0.493 e. The average Bonchev–Trinajstić information content (AvgIpc) is 2.81. The zero-order chi connectivity index (χ0) is 23.1. The highest BCUT2D eigenvalue weighted by Crippen LogP contribution is 2.30. The van der Waals surface area contributed by atoms with Crippen molar-refractivity contribution in [3.63, 3.8) is 0 Å². The van der Waals surface area contributed by atoms with Crippen molar-refractivity contribution in [2.45, 2.75) is 6.61 Å². The largest absolute Gasteiger partial charge is 0.493 e. The molecule has 3 aromatic carbocycles. The van der Waals surface area contributed by atoms with Crippen LogP contribution >= 0.6 is 0 Å². The number of carbonyl (C=O) groups is 2. The Hall–Kier alpha value is -4.57. The number of ether oxygens (including phenoxy) is 2. The van der Waals surface area contributed by atoms with Crippen molar-refractivity contribution in [3.05, 3.63) is 94.5 Å². The summed E-state index contributed by atoms with van der Waals surface area (Å²) < 4.78 is 11.2. The Morgan fingerprint density at radius 2 is 1.59 bits per heavy atom. The lowest BCUT2D eigenvalue weighted by Gasteiger charge is -2.12. The molecular formula is C25H19NO6. The van der Waals surface area contributed by atoms with Gasteiger partial charge in [0.2, 0.25) is 0 Å². The maximum absolute atomic E-state index is 11.1. The summed E-state index contributed by atoms with van der Waals surface area (Å²) in [5, 5.41) is 27.7. The average molecular weight is 429 g/mol. The van der Waals surface area contributed by atoms with Crippen LogP contribution < -0.4 is 9.47 Å². The Morgan fingerprint density at radius 1 is 0.906 bits per heavy atom. The van der Waals surface area contributed by atoms with Gasteiger partial charge in [-0.3, -0.25) is 0 Å². The number of hydrogen-bond acceptors (Lipinski definition) is 5. The number of allylic oxidation sites excluding steroid dienone is 1. The third-order valence-corrected chi connectivity index (χ3v) is 4.63. The number of carboxylic acid groups (broad SMARTS) is 2. The number of aromatic carboxylic acids is 2. The number of rotatable bonds is 8. The van der Waals surface area contributed by atoms with Crippen LogP contribution in [0.25, 0.3) is 11.6 Å². The van der Waals surface area contributed by atoms with Crippen molar-refractivity contribution in [2.24, 2.45) is 0 Å². The van der Waals surface area contributed by atoms with E-state index in [2.05, 4.69) is 6.07 Å². The maximum atomic E-state index is 11.1. The molecule has 3 aromatic rings. The van der Waals surface area contributed by atoms with Crippen LogP contribution in [0.3, 0.4) is 0 Å². The third-order valence-electron chi connectivity index (χ3n) is 4.63. The number of methoxy groups -OCH3 is 1. The minimum atomic E-state index is -1.03. The van der Waals surface area contributed by atoms with Crippen molar-refractivity contribution in [2.75, 3.05) is 7.11 Å². The molecule has 0 saturated heterocycles. The van der Waals surface area contributed by atoms with E-state index in [0.29, 0.717) is 33.8 Å². The molecule has 7 nitrogen and oxygen atoms in total. The first kappa shape index (κ1) is 22.1. The zero-order valence-electron chi connectivity index (χ0n) is 17.1. The molecule has 0 bridgehead atoms. The maximum Gasteiger partial charge on any atom is 0.335 e. The molecule has 32 heavy (non-hydrogen) atoms. The number of nitriles is 1. The van der Waals surface area contributed by atoms with Crippen LogP contribution in [-0.4, -0.2) is 29.3 Å². The van der Waals surface area contributed by atoms with Crippen LogP contribution in [0.1, 0.15) is 37.4 Å². The molecule has 0 aliphatic carbocycles. The Bertz CT molecular complexity index is 1220. The molecule has 0 heterocycles. The molecule has 0 amide bonds. The molecule has 160 valence electrons. The van der Waals surface area contributed by atoms with Crippen LogP contribution in [0.4, 0.5) is 0 Å².